The summed E-state index contributed by atoms with van der Waals surface area (Å²) in [5.74, 6) is 2.07. The van der Waals surface area contributed by atoms with Gasteiger partial charge in [0.15, 0.2) is 5.82 Å². The van der Waals surface area contributed by atoms with Crippen LogP contribution in [0.3, 0.4) is 0 Å². The summed E-state index contributed by atoms with van der Waals surface area (Å²) in [5.41, 5.74) is 0.977. The molecule has 0 aliphatic heterocycles. The quantitative estimate of drug-likeness (QED) is 0.851. The van der Waals surface area contributed by atoms with E-state index in [1.807, 2.05) is 33.0 Å². The van der Waals surface area contributed by atoms with Crippen LogP contribution in [0.4, 0.5) is 0 Å². The number of rotatable bonds is 5. The Balaban J connectivity index is 2.03. The molecule has 0 fully saturated rings. The third kappa shape index (κ3) is 3.36. The van der Waals surface area contributed by atoms with Gasteiger partial charge in [-0.15, -0.1) is 11.8 Å². The highest BCUT2D eigenvalue weighted by Gasteiger charge is 2.25. The van der Waals surface area contributed by atoms with E-state index in [2.05, 4.69) is 34.5 Å². The Morgan fingerprint density at radius 1 is 1.32 bits per heavy atom. The molecule has 1 aromatic heterocycles. The van der Waals surface area contributed by atoms with Crippen molar-refractivity contribution in [2.24, 2.45) is 0 Å². The molecule has 19 heavy (non-hydrogen) atoms. The molecule has 1 aromatic carbocycles. The van der Waals surface area contributed by atoms with Crippen LogP contribution in [-0.4, -0.2) is 17.2 Å². The number of benzene rings is 1. The molecule has 0 unspecified atom stereocenters. The van der Waals surface area contributed by atoms with Crippen LogP contribution in [0.25, 0.3) is 0 Å². The van der Waals surface area contributed by atoms with Crippen molar-refractivity contribution in [2.75, 3.05) is 7.05 Å². The van der Waals surface area contributed by atoms with E-state index in [0.29, 0.717) is 11.6 Å². The van der Waals surface area contributed by atoms with E-state index >= 15 is 0 Å². The minimum Gasteiger partial charge on any atom is -0.337 e. The highest BCUT2D eigenvalue weighted by molar-refractivity contribution is 7.98. The summed E-state index contributed by atoms with van der Waals surface area (Å²) in [6.07, 6.45) is 0. The van der Waals surface area contributed by atoms with Crippen molar-refractivity contribution >= 4 is 11.8 Å². The maximum absolute atomic E-state index is 5.30. The summed E-state index contributed by atoms with van der Waals surface area (Å²) in [5, 5.41) is 7.18. The van der Waals surface area contributed by atoms with Crippen LogP contribution in [0, 0.1) is 6.92 Å². The Morgan fingerprint density at radius 2 is 2.05 bits per heavy atom. The zero-order chi connectivity index (χ0) is 13.9. The maximum atomic E-state index is 5.30. The third-order valence-corrected chi connectivity index (χ3v) is 4.25. The van der Waals surface area contributed by atoms with E-state index in [0.717, 1.165) is 5.82 Å². The minimum absolute atomic E-state index is 0.293. The molecular formula is C14H19N3OS. The van der Waals surface area contributed by atoms with Crippen molar-refractivity contribution in [1.29, 1.82) is 0 Å². The number of nitrogens with one attached hydrogen (secondary N) is 1. The number of thioether (sulfide) groups is 1. The predicted molar refractivity (Wildman–Crippen MR) is 77.1 cm³/mol. The molecule has 2 aromatic rings. The van der Waals surface area contributed by atoms with E-state index < -0.39 is 0 Å². The Labute approximate surface area is 118 Å². The number of nitrogens with zero attached hydrogens (tertiary/aromatic N) is 2. The Bertz CT molecular complexity index is 551. The largest absolute Gasteiger partial charge is 0.337 e. The van der Waals surface area contributed by atoms with E-state index in [1.54, 1.807) is 11.8 Å². The second-order valence-corrected chi connectivity index (χ2v) is 5.96. The van der Waals surface area contributed by atoms with E-state index in [1.165, 1.54) is 10.5 Å². The summed E-state index contributed by atoms with van der Waals surface area (Å²) in [4.78, 5) is 5.69. The molecule has 0 saturated carbocycles. The Morgan fingerprint density at radius 3 is 2.74 bits per heavy atom. The molecule has 0 amide bonds. The lowest BCUT2D eigenvalue weighted by molar-refractivity contribution is 0.280. The summed E-state index contributed by atoms with van der Waals surface area (Å²) in [6.45, 7) is 6.13. The van der Waals surface area contributed by atoms with Gasteiger partial charge in [-0.25, -0.2) is 0 Å². The fraction of sp³-hybridized carbons (Fsp3) is 0.429. The van der Waals surface area contributed by atoms with Crippen molar-refractivity contribution in [3.05, 3.63) is 41.5 Å². The van der Waals surface area contributed by atoms with Crippen molar-refractivity contribution in [3.63, 3.8) is 0 Å². The van der Waals surface area contributed by atoms with Gasteiger partial charge < -0.3 is 9.84 Å². The van der Waals surface area contributed by atoms with Crippen LogP contribution in [-0.2, 0) is 11.3 Å². The monoisotopic (exact) mass is 277 g/mol. The minimum atomic E-state index is -0.293. The lowest BCUT2D eigenvalue weighted by Gasteiger charge is -2.17. The number of hydrogen-bond acceptors (Lipinski definition) is 5. The fourth-order valence-electron chi connectivity index (χ4n) is 1.53. The van der Waals surface area contributed by atoms with Gasteiger partial charge in [0.05, 0.1) is 11.3 Å². The van der Waals surface area contributed by atoms with Crippen LogP contribution in [0.2, 0.25) is 0 Å². The van der Waals surface area contributed by atoms with Crippen molar-refractivity contribution in [3.8, 4) is 0 Å². The first-order chi connectivity index (χ1) is 9.03. The zero-order valence-electron chi connectivity index (χ0n) is 11.7. The van der Waals surface area contributed by atoms with Crippen molar-refractivity contribution in [2.45, 2.75) is 37.0 Å². The van der Waals surface area contributed by atoms with Gasteiger partial charge in [0.1, 0.15) is 0 Å². The number of aryl methyl sites for hydroxylation is 1. The zero-order valence-corrected chi connectivity index (χ0v) is 12.5. The molecule has 1 N–H and O–H groups in total. The molecule has 0 saturated heterocycles. The number of hydrogen-bond donors (Lipinski definition) is 1. The van der Waals surface area contributed by atoms with Crippen LogP contribution >= 0.6 is 11.8 Å². The van der Waals surface area contributed by atoms with Gasteiger partial charge in [0, 0.05) is 4.90 Å². The van der Waals surface area contributed by atoms with Crippen LogP contribution in [0.5, 0.6) is 0 Å². The average Bonchev–Trinajstić information content (AvgIpc) is 2.87. The molecule has 0 aliphatic rings. The molecule has 0 spiro atoms. The smallest absolute Gasteiger partial charge is 0.246 e. The van der Waals surface area contributed by atoms with Gasteiger partial charge in [-0.2, -0.15) is 4.98 Å². The summed E-state index contributed by atoms with van der Waals surface area (Å²) in [6, 6.07) is 8.30. The Hall–Kier alpha value is -1.33. The molecule has 0 bridgehead atoms. The molecule has 4 nitrogen and oxygen atoms in total. The molecule has 1 heterocycles. The van der Waals surface area contributed by atoms with Gasteiger partial charge in [-0.3, -0.25) is 0 Å². The van der Waals surface area contributed by atoms with E-state index in [4.69, 9.17) is 4.52 Å². The molecule has 2 rings (SSSR count). The molecule has 0 aliphatic carbocycles. The third-order valence-electron chi connectivity index (χ3n) is 3.08. The molecule has 0 radical (unpaired) electrons. The summed E-state index contributed by atoms with van der Waals surface area (Å²) >= 11 is 1.73. The lowest BCUT2D eigenvalue weighted by atomic mass is 10.1. The second-order valence-electron chi connectivity index (χ2n) is 4.94. The van der Waals surface area contributed by atoms with Gasteiger partial charge in [0.2, 0.25) is 5.89 Å². The average molecular weight is 277 g/mol. The van der Waals surface area contributed by atoms with Crippen LogP contribution in [0.1, 0.15) is 31.1 Å². The highest BCUT2D eigenvalue weighted by Crippen LogP contribution is 2.25. The molecular weight excluding hydrogens is 258 g/mol. The number of aromatic nitrogens is 2. The topological polar surface area (TPSA) is 51.0 Å². The fourth-order valence-corrected chi connectivity index (χ4v) is 2.41. The van der Waals surface area contributed by atoms with E-state index in [-0.39, 0.29) is 5.54 Å². The lowest BCUT2D eigenvalue weighted by Crippen LogP contribution is -2.33. The van der Waals surface area contributed by atoms with Crippen LogP contribution in [0.15, 0.2) is 33.7 Å². The SMILES string of the molecule is CNC(C)(C)c1nc(CSc2ccccc2C)no1. The normalized spacial score (nSPS) is 11.8. The maximum Gasteiger partial charge on any atom is 0.246 e. The standard InChI is InChI=1S/C14H19N3OS/c1-10-7-5-6-8-11(10)19-9-12-16-13(18-17-12)14(2,3)15-4/h5-8,15H,9H2,1-4H3. The molecule has 5 heteroatoms. The van der Waals surface area contributed by atoms with Crippen LogP contribution < -0.4 is 5.32 Å². The molecule has 0 atom stereocenters. The second kappa shape index (κ2) is 5.75. The van der Waals surface area contributed by atoms with Gasteiger partial charge in [-0.05, 0) is 39.4 Å². The Kier molecular flexibility index (Phi) is 4.27. The summed E-state index contributed by atoms with van der Waals surface area (Å²) < 4.78 is 5.30. The van der Waals surface area contributed by atoms with Gasteiger partial charge >= 0.3 is 0 Å². The summed E-state index contributed by atoms with van der Waals surface area (Å²) in [7, 11) is 1.88. The molecule has 102 valence electrons. The van der Waals surface area contributed by atoms with Gasteiger partial charge in [0.25, 0.3) is 0 Å². The highest BCUT2D eigenvalue weighted by atomic mass is 32.2. The van der Waals surface area contributed by atoms with Crippen molar-refractivity contribution in [1.82, 2.24) is 15.5 Å². The first kappa shape index (κ1) is 14.1. The first-order valence-electron chi connectivity index (χ1n) is 6.23. The van der Waals surface area contributed by atoms with Crippen molar-refractivity contribution < 1.29 is 4.52 Å². The van der Waals surface area contributed by atoms with Gasteiger partial charge in [-0.1, -0.05) is 23.4 Å². The van der Waals surface area contributed by atoms with E-state index in [9.17, 15) is 0 Å². The predicted octanol–water partition coefficient (Wildman–Crippen LogP) is 3.12. The first-order valence-corrected chi connectivity index (χ1v) is 7.22.